The summed E-state index contributed by atoms with van der Waals surface area (Å²) in [7, 11) is 2.80. The smallest absolute Gasteiger partial charge is 0.320 e. The normalized spacial score (nSPS) is 22.9. The van der Waals surface area contributed by atoms with Crippen LogP contribution in [0, 0.1) is 0 Å². The van der Waals surface area contributed by atoms with Crippen molar-refractivity contribution < 1.29 is 13.9 Å². The fourth-order valence-electron chi connectivity index (χ4n) is 1.33. The van der Waals surface area contributed by atoms with Gasteiger partial charge in [0.15, 0.2) is 5.83 Å². The molecule has 0 fully saturated rings. The molecule has 0 spiro atoms. The topological polar surface area (TPSA) is 68.6 Å². The van der Waals surface area contributed by atoms with Gasteiger partial charge < -0.3 is 14.8 Å². The maximum Gasteiger partial charge on any atom is 0.320 e. The van der Waals surface area contributed by atoms with Crippen LogP contribution in [-0.4, -0.2) is 35.7 Å². The van der Waals surface area contributed by atoms with Gasteiger partial charge in [-0.2, -0.15) is 0 Å². The first-order valence-electron chi connectivity index (χ1n) is 4.91. The second-order valence-corrected chi connectivity index (χ2v) is 3.83. The minimum Gasteiger partial charge on any atom is -0.481 e. The van der Waals surface area contributed by atoms with Crippen molar-refractivity contribution in [1.82, 2.24) is 15.3 Å². The van der Waals surface area contributed by atoms with E-state index >= 15 is 0 Å². The first kappa shape index (κ1) is 12.7. The van der Waals surface area contributed by atoms with Crippen LogP contribution >= 0.6 is 11.6 Å². The van der Waals surface area contributed by atoms with E-state index in [9.17, 15) is 4.39 Å². The van der Waals surface area contributed by atoms with Gasteiger partial charge in [0.1, 0.15) is 12.0 Å². The summed E-state index contributed by atoms with van der Waals surface area (Å²) in [6, 6.07) is 1.47. The molecule has 1 atom stereocenters. The molecule has 1 aliphatic heterocycles. The standard InChI is InChI=1S/C10H10ClFN4O2/c1-17-8-3-7(13-5-14-8)9-6(12)4-15-10(11,16-9)18-2/h3-5,16H,1-2H3. The number of halogens is 2. The number of aromatic nitrogens is 2. The Labute approximate surface area is 108 Å². The largest absolute Gasteiger partial charge is 0.481 e. The van der Waals surface area contributed by atoms with Gasteiger partial charge in [0.25, 0.3) is 0 Å². The molecule has 0 saturated carbocycles. The van der Waals surface area contributed by atoms with Gasteiger partial charge in [-0.05, 0) is 11.6 Å². The molecule has 1 aromatic rings. The third-order valence-corrected chi connectivity index (χ3v) is 2.59. The fraction of sp³-hybridized carbons (Fsp3) is 0.300. The highest BCUT2D eigenvalue weighted by atomic mass is 35.5. The molecular formula is C10H10ClFN4O2. The lowest BCUT2D eigenvalue weighted by molar-refractivity contribution is 0.0554. The van der Waals surface area contributed by atoms with Crippen molar-refractivity contribution in [3.05, 3.63) is 23.9 Å². The SMILES string of the molecule is COc1cc(C2=C(F)C=NC(Cl)(OC)N2)ncn1. The molecule has 96 valence electrons. The minimum absolute atomic E-state index is 0.0579. The first-order chi connectivity index (χ1) is 8.58. The quantitative estimate of drug-likeness (QED) is 0.663. The van der Waals surface area contributed by atoms with E-state index in [0.29, 0.717) is 5.88 Å². The predicted molar refractivity (Wildman–Crippen MR) is 63.8 cm³/mol. The summed E-state index contributed by atoms with van der Waals surface area (Å²) in [6.45, 7) is 0. The maximum atomic E-state index is 13.7. The van der Waals surface area contributed by atoms with Crippen molar-refractivity contribution in [2.45, 2.75) is 5.31 Å². The third kappa shape index (κ3) is 2.41. The number of nitrogens with one attached hydrogen (secondary N) is 1. The molecule has 0 amide bonds. The second kappa shape index (κ2) is 4.87. The average Bonchev–Trinajstić information content (AvgIpc) is 2.42. The van der Waals surface area contributed by atoms with E-state index in [1.54, 1.807) is 0 Å². The Bertz CT molecular complexity index is 522. The van der Waals surface area contributed by atoms with Gasteiger partial charge >= 0.3 is 5.31 Å². The summed E-state index contributed by atoms with van der Waals surface area (Å²) in [5.74, 6) is -0.300. The summed E-state index contributed by atoms with van der Waals surface area (Å²) >= 11 is 5.94. The van der Waals surface area contributed by atoms with E-state index < -0.39 is 11.1 Å². The second-order valence-electron chi connectivity index (χ2n) is 3.32. The number of methoxy groups -OCH3 is 2. The number of nitrogens with zero attached hydrogens (tertiary/aromatic N) is 3. The summed E-state index contributed by atoms with van der Waals surface area (Å²) < 4.78 is 23.6. The molecule has 0 radical (unpaired) electrons. The van der Waals surface area contributed by atoms with Gasteiger partial charge in [0.05, 0.1) is 19.0 Å². The molecule has 2 rings (SSSR count). The molecule has 1 unspecified atom stereocenters. The Morgan fingerprint density at radius 1 is 1.39 bits per heavy atom. The Morgan fingerprint density at radius 2 is 2.17 bits per heavy atom. The Morgan fingerprint density at radius 3 is 2.83 bits per heavy atom. The molecule has 6 nitrogen and oxygen atoms in total. The van der Waals surface area contributed by atoms with Gasteiger partial charge in [0, 0.05) is 13.2 Å². The van der Waals surface area contributed by atoms with Gasteiger partial charge in [-0.15, -0.1) is 0 Å². The Balaban J connectivity index is 2.39. The highest BCUT2D eigenvalue weighted by Gasteiger charge is 2.32. The third-order valence-electron chi connectivity index (χ3n) is 2.24. The van der Waals surface area contributed by atoms with Crippen molar-refractivity contribution in [2.75, 3.05) is 14.2 Å². The molecule has 1 aromatic heterocycles. The van der Waals surface area contributed by atoms with Crippen molar-refractivity contribution in [1.29, 1.82) is 0 Å². The zero-order valence-electron chi connectivity index (χ0n) is 9.65. The van der Waals surface area contributed by atoms with Crippen LogP contribution in [0.4, 0.5) is 4.39 Å². The van der Waals surface area contributed by atoms with Gasteiger partial charge in [-0.25, -0.2) is 19.4 Å². The summed E-state index contributed by atoms with van der Waals surface area (Å²) in [6.07, 6.45) is 2.22. The number of allylic oxidation sites excluding steroid dienone is 1. The number of hydrogen-bond acceptors (Lipinski definition) is 6. The maximum absolute atomic E-state index is 13.7. The molecule has 8 heteroatoms. The minimum atomic E-state index is -1.54. The van der Waals surface area contributed by atoms with Crippen molar-refractivity contribution >= 4 is 23.5 Å². The van der Waals surface area contributed by atoms with Gasteiger partial charge in [0.2, 0.25) is 5.88 Å². The van der Waals surface area contributed by atoms with Crippen molar-refractivity contribution in [2.24, 2.45) is 4.99 Å². The Hall–Kier alpha value is -1.73. The number of hydrogen-bond donors (Lipinski definition) is 1. The van der Waals surface area contributed by atoms with Crippen molar-refractivity contribution in [3.8, 4) is 5.88 Å². The van der Waals surface area contributed by atoms with Crippen LogP contribution < -0.4 is 10.1 Å². The van der Waals surface area contributed by atoms with Crippen LogP contribution in [0.3, 0.4) is 0 Å². The average molecular weight is 273 g/mol. The summed E-state index contributed by atoms with van der Waals surface area (Å²) in [4.78, 5) is 11.4. The number of rotatable bonds is 3. The van der Waals surface area contributed by atoms with E-state index in [4.69, 9.17) is 21.1 Å². The van der Waals surface area contributed by atoms with Crippen LogP contribution in [-0.2, 0) is 4.74 Å². The lowest BCUT2D eigenvalue weighted by atomic mass is 10.2. The van der Waals surface area contributed by atoms with E-state index in [0.717, 1.165) is 6.21 Å². The molecule has 0 bridgehead atoms. The first-order valence-corrected chi connectivity index (χ1v) is 5.29. The molecule has 0 saturated heterocycles. The lowest BCUT2D eigenvalue weighted by Gasteiger charge is -2.27. The van der Waals surface area contributed by atoms with Crippen LogP contribution in [0.25, 0.3) is 5.70 Å². The highest BCUT2D eigenvalue weighted by Crippen LogP contribution is 2.27. The van der Waals surface area contributed by atoms with Gasteiger partial charge in [-0.1, -0.05) is 0 Å². The monoisotopic (exact) mass is 272 g/mol. The zero-order valence-corrected chi connectivity index (χ0v) is 10.4. The van der Waals surface area contributed by atoms with Crippen molar-refractivity contribution in [3.63, 3.8) is 0 Å². The van der Waals surface area contributed by atoms with Gasteiger partial charge in [-0.3, -0.25) is 0 Å². The molecule has 0 aliphatic carbocycles. The number of aliphatic imine (C=N–C) groups is 1. The molecule has 1 aliphatic rings. The van der Waals surface area contributed by atoms with E-state index in [2.05, 4.69) is 20.3 Å². The highest BCUT2D eigenvalue weighted by molar-refractivity contribution is 6.24. The zero-order chi connectivity index (χ0) is 13.2. The summed E-state index contributed by atoms with van der Waals surface area (Å²) in [5.41, 5.74) is 0.343. The summed E-state index contributed by atoms with van der Waals surface area (Å²) in [5, 5.41) is 1.06. The predicted octanol–water partition coefficient (Wildman–Crippen LogP) is 1.29. The molecule has 2 heterocycles. The molecule has 1 N–H and O–H groups in total. The van der Waals surface area contributed by atoms with Crippen LogP contribution in [0.5, 0.6) is 5.88 Å². The number of ether oxygens (including phenoxy) is 2. The molecular weight excluding hydrogens is 263 g/mol. The Kier molecular flexibility index (Phi) is 3.44. The lowest BCUT2D eigenvalue weighted by Crippen LogP contribution is -2.41. The molecule has 0 aromatic carbocycles. The van der Waals surface area contributed by atoms with E-state index in [1.165, 1.54) is 26.6 Å². The van der Waals surface area contributed by atoms with Crippen LogP contribution in [0.2, 0.25) is 0 Å². The number of alkyl halides is 1. The van der Waals surface area contributed by atoms with Crippen LogP contribution in [0.15, 0.2) is 23.2 Å². The van der Waals surface area contributed by atoms with E-state index in [1.807, 2.05) is 0 Å². The van der Waals surface area contributed by atoms with E-state index in [-0.39, 0.29) is 11.4 Å². The molecule has 18 heavy (non-hydrogen) atoms. The van der Waals surface area contributed by atoms with Crippen LogP contribution in [0.1, 0.15) is 5.69 Å². The fourth-order valence-corrected chi connectivity index (χ4v) is 1.47.